The molecule has 0 aliphatic heterocycles. The van der Waals surface area contributed by atoms with Gasteiger partial charge in [0.1, 0.15) is 0 Å². The molecule has 0 radical (unpaired) electrons. The van der Waals surface area contributed by atoms with Crippen molar-refractivity contribution in [3.63, 3.8) is 0 Å². The van der Waals surface area contributed by atoms with E-state index in [0.717, 1.165) is 19.1 Å². The predicted molar refractivity (Wildman–Crippen MR) is 93.9 cm³/mol. The van der Waals surface area contributed by atoms with Crippen LogP contribution in [0.1, 0.15) is 26.2 Å². The molecule has 0 heterocycles. The van der Waals surface area contributed by atoms with Gasteiger partial charge in [0.05, 0.1) is 26.4 Å². The van der Waals surface area contributed by atoms with E-state index in [1.165, 1.54) is 18.9 Å². The lowest BCUT2D eigenvalue weighted by atomic mass is 10.4. The fraction of sp³-hybridized carbons (Fsp3) is 1.00. The van der Waals surface area contributed by atoms with Gasteiger partial charge in [-0.3, -0.25) is 0 Å². The average Bonchev–Trinajstić information content (AvgIpc) is 2.38. The van der Waals surface area contributed by atoms with E-state index in [0.29, 0.717) is 19.8 Å². The van der Waals surface area contributed by atoms with E-state index in [1.807, 2.05) is 0 Å². The van der Waals surface area contributed by atoms with Gasteiger partial charge in [-0.15, -0.1) is 0 Å². The van der Waals surface area contributed by atoms with Crippen LogP contribution in [0.4, 0.5) is 0 Å². The highest BCUT2D eigenvalue weighted by atomic mass is 28.4. The van der Waals surface area contributed by atoms with Gasteiger partial charge >= 0.3 is 0 Å². The molecule has 0 aromatic carbocycles. The first-order valence-corrected chi connectivity index (χ1v) is 14.5. The van der Waals surface area contributed by atoms with Crippen LogP contribution >= 0.6 is 0 Å². The molecule has 128 valence electrons. The molecule has 6 heteroatoms. The van der Waals surface area contributed by atoms with Gasteiger partial charge in [0.15, 0.2) is 16.6 Å². The standard InChI is InChI=1S/C15H36O4Si2/c1-6-7-14-20(2,3)19-21(4,5)15-8-10-17-12-13-18-11-9-16/h16H,6-15H2,1-5H3. The van der Waals surface area contributed by atoms with Gasteiger partial charge in [-0.05, 0) is 44.7 Å². The summed E-state index contributed by atoms with van der Waals surface area (Å²) in [6, 6.07) is 2.44. The molecule has 21 heavy (non-hydrogen) atoms. The fourth-order valence-corrected chi connectivity index (χ4v) is 11.4. The normalized spacial score (nSPS) is 12.9. The lowest BCUT2D eigenvalue weighted by Crippen LogP contribution is -2.44. The summed E-state index contributed by atoms with van der Waals surface area (Å²) in [5.41, 5.74) is 0. The minimum absolute atomic E-state index is 0.0782. The van der Waals surface area contributed by atoms with Crippen molar-refractivity contribution in [2.45, 2.75) is 64.5 Å². The summed E-state index contributed by atoms with van der Waals surface area (Å²) in [5.74, 6) is 0. The van der Waals surface area contributed by atoms with Gasteiger partial charge in [0, 0.05) is 6.61 Å². The quantitative estimate of drug-likeness (QED) is 0.389. The molecule has 0 saturated carbocycles. The Morgan fingerprint density at radius 3 is 1.81 bits per heavy atom. The van der Waals surface area contributed by atoms with Crippen molar-refractivity contribution >= 4 is 16.6 Å². The van der Waals surface area contributed by atoms with Gasteiger partial charge in [-0.1, -0.05) is 19.8 Å². The zero-order chi connectivity index (χ0) is 16.2. The second kappa shape index (κ2) is 11.8. The van der Waals surface area contributed by atoms with Crippen LogP contribution in [0.15, 0.2) is 0 Å². The lowest BCUT2D eigenvalue weighted by molar-refractivity contribution is 0.0332. The highest BCUT2D eigenvalue weighted by molar-refractivity contribution is 6.84. The molecule has 0 rings (SSSR count). The first kappa shape index (κ1) is 21.3. The summed E-state index contributed by atoms with van der Waals surface area (Å²) >= 11 is 0. The Labute approximate surface area is 133 Å². The number of ether oxygens (including phenoxy) is 2. The number of aliphatic hydroxyl groups excluding tert-OH is 1. The molecular weight excluding hydrogens is 300 g/mol. The van der Waals surface area contributed by atoms with E-state index in [-0.39, 0.29) is 6.61 Å². The number of hydrogen-bond donors (Lipinski definition) is 1. The molecular formula is C15H36O4Si2. The monoisotopic (exact) mass is 336 g/mol. The van der Waals surface area contributed by atoms with Crippen molar-refractivity contribution in [2.75, 3.05) is 33.0 Å². The minimum atomic E-state index is -1.55. The molecule has 0 atom stereocenters. The lowest BCUT2D eigenvalue weighted by Gasteiger charge is -2.34. The third-order valence-corrected chi connectivity index (χ3v) is 10.9. The van der Waals surface area contributed by atoms with Crippen molar-refractivity contribution in [3.05, 3.63) is 0 Å². The number of hydrogen-bond acceptors (Lipinski definition) is 4. The molecule has 0 spiro atoms. The zero-order valence-electron chi connectivity index (χ0n) is 14.7. The molecule has 0 amide bonds. The number of aliphatic hydroxyl groups is 1. The highest BCUT2D eigenvalue weighted by Gasteiger charge is 2.31. The third-order valence-electron chi connectivity index (χ3n) is 3.36. The van der Waals surface area contributed by atoms with Crippen LogP contribution in [0.25, 0.3) is 0 Å². The van der Waals surface area contributed by atoms with Crippen LogP contribution in [0.3, 0.4) is 0 Å². The first-order valence-electron chi connectivity index (χ1n) is 8.29. The largest absolute Gasteiger partial charge is 0.455 e. The Hall–Kier alpha value is 0.274. The van der Waals surface area contributed by atoms with Crippen molar-refractivity contribution < 1.29 is 18.7 Å². The molecule has 0 aromatic heterocycles. The topological polar surface area (TPSA) is 47.9 Å². The van der Waals surface area contributed by atoms with Crippen molar-refractivity contribution in [1.82, 2.24) is 0 Å². The van der Waals surface area contributed by atoms with Crippen molar-refractivity contribution in [3.8, 4) is 0 Å². The Bertz CT molecular complexity index is 248. The van der Waals surface area contributed by atoms with Gasteiger partial charge in [-0.25, -0.2) is 0 Å². The summed E-state index contributed by atoms with van der Waals surface area (Å²) < 4.78 is 17.2. The van der Waals surface area contributed by atoms with E-state index in [1.54, 1.807) is 0 Å². The van der Waals surface area contributed by atoms with Crippen LogP contribution < -0.4 is 0 Å². The van der Waals surface area contributed by atoms with E-state index in [4.69, 9.17) is 18.7 Å². The number of rotatable bonds is 14. The fourth-order valence-electron chi connectivity index (χ4n) is 2.44. The Balaban J connectivity index is 3.72. The minimum Gasteiger partial charge on any atom is -0.455 e. The Kier molecular flexibility index (Phi) is 11.9. The zero-order valence-corrected chi connectivity index (χ0v) is 16.7. The molecule has 4 nitrogen and oxygen atoms in total. The predicted octanol–water partition coefficient (Wildman–Crippen LogP) is 3.63. The maximum absolute atomic E-state index is 8.57. The molecule has 0 bridgehead atoms. The SMILES string of the molecule is CCCC[Si](C)(C)O[Si](C)(C)CCCOCCOCCO. The van der Waals surface area contributed by atoms with E-state index in [9.17, 15) is 0 Å². The van der Waals surface area contributed by atoms with Gasteiger partial charge in [-0.2, -0.15) is 0 Å². The highest BCUT2D eigenvalue weighted by Crippen LogP contribution is 2.24. The molecule has 0 aliphatic carbocycles. The maximum atomic E-state index is 8.57. The summed E-state index contributed by atoms with van der Waals surface area (Å²) in [5, 5.41) is 8.57. The van der Waals surface area contributed by atoms with Crippen molar-refractivity contribution in [2.24, 2.45) is 0 Å². The van der Waals surface area contributed by atoms with Crippen LogP contribution in [0, 0.1) is 0 Å². The number of unbranched alkanes of at least 4 members (excludes halogenated alkanes) is 1. The smallest absolute Gasteiger partial charge is 0.173 e. The van der Waals surface area contributed by atoms with E-state index in [2.05, 4.69) is 33.1 Å². The molecule has 0 aromatic rings. The van der Waals surface area contributed by atoms with Crippen LogP contribution in [0.2, 0.25) is 38.3 Å². The van der Waals surface area contributed by atoms with Crippen LogP contribution in [0.5, 0.6) is 0 Å². The summed E-state index contributed by atoms with van der Waals surface area (Å²) in [6.07, 6.45) is 3.62. The molecule has 0 saturated heterocycles. The Morgan fingerprint density at radius 1 is 0.762 bits per heavy atom. The molecule has 0 aliphatic rings. The van der Waals surface area contributed by atoms with Gasteiger partial charge in [0.2, 0.25) is 0 Å². The first-order chi connectivity index (χ1) is 9.83. The average molecular weight is 337 g/mol. The summed E-state index contributed by atoms with van der Waals surface area (Å²) in [4.78, 5) is 0. The summed E-state index contributed by atoms with van der Waals surface area (Å²) in [6.45, 7) is 14.0. The molecule has 1 N–H and O–H groups in total. The van der Waals surface area contributed by atoms with Crippen molar-refractivity contribution in [1.29, 1.82) is 0 Å². The third kappa shape index (κ3) is 13.6. The van der Waals surface area contributed by atoms with Crippen LogP contribution in [-0.4, -0.2) is 54.8 Å². The Morgan fingerprint density at radius 2 is 1.29 bits per heavy atom. The molecule has 0 unspecified atom stereocenters. The summed E-state index contributed by atoms with van der Waals surface area (Å²) in [7, 11) is -3.03. The molecule has 0 fully saturated rings. The maximum Gasteiger partial charge on any atom is 0.173 e. The van der Waals surface area contributed by atoms with Gasteiger partial charge in [0.25, 0.3) is 0 Å². The second-order valence-corrected chi connectivity index (χ2v) is 15.6. The van der Waals surface area contributed by atoms with Crippen LogP contribution in [-0.2, 0) is 13.6 Å². The van der Waals surface area contributed by atoms with E-state index >= 15 is 0 Å². The van der Waals surface area contributed by atoms with Gasteiger partial charge < -0.3 is 18.7 Å². The second-order valence-electron chi connectivity index (χ2n) is 6.78. The van der Waals surface area contributed by atoms with E-state index < -0.39 is 16.6 Å².